The SMILES string of the molecule is CC(Nc1ccc([N+](=O)[O-])c(C(F)(F)F)c1)c1ccsc1. The van der Waals surface area contributed by atoms with Gasteiger partial charge in [-0.2, -0.15) is 24.5 Å². The van der Waals surface area contributed by atoms with Crippen molar-refractivity contribution in [1.29, 1.82) is 0 Å². The third-order valence-electron chi connectivity index (χ3n) is 2.93. The van der Waals surface area contributed by atoms with Crippen molar-refractivity contribution in [2.24, 2.45) is 0 Å². The number of thiophene rings is 1. The van der Waals surface area contributed by atoms with Gasteiger partial charge in [-0.15, -0.1) is 0 Å². The molecule has 1 atom stereocenters. The Balaban J connectivity index is 2.32. The Kier molecular flexibility index (Phi) is 4.17. The third-order valence-corrected chi connectivity index (χ3v) is 3.63. The van der Waals surface area contributed by atoms with Crippen LogP contribution in [-0.4, -0.2) is 4.92 Å². The van der Waals surface area contributed by atoms with Crippen molar-refractivity contribution in [1.82, 2.24) is 0 Å². The highest BCUT2D eigenvalue weighted by Crippen LogP contribution is 2.38. The number of nitro benzene ring substituents is 1. The van der Waals surface area contributed by atoms with Crippen LogP contribution in [0.25, 0.3) is 0 Å². The number of nitrogens with zero attached hydrogens (tertiary/aromatic N) is 1. The minimum Gasteiger partial charge on any atom is -0.378 e. The summed E-state index contributed by atoms with van der Waals surface area (Å²) in [6.45, 7) is 1.80. The molecule has 1 aromatic heterocycles. The number of benzene rings is 1. The summed E-state index contributed by atoms with van der Waals surface area (Å²) >= 11 is 1.48. The molecule has 0 aliphatic rings. The summed E-state index contributed by atoms with van der Waals surface area (Å²) in [5.74, 6) is 0. The second-order valence-electron chi connectivity index (χ2n) is 4.41. The van der Waals surface area contributed by atoms with Crippen LogP contribution in [0.2, 0.25) is 0 Å². The first-order valence-corrected chi connectivity index (χ1v) is 6.87. The smallest absolute Gasteiger partial charge is 0.378 e. The molecule has 0 bridgehead atoms. The fourth-order valence-corrected chi connectivity index (χ4v) is 2.62. The van der Waals surface area contributed by atoms with E-state index < -0.39 is 22.4 Å². The molecule has 0 aliphatic heterocycles. The number of hydrogen-bond donors (Lipinski definition) is 1. The minimum absolute atomic E-state index is 0.187. The van der Waals surface area contributed by atoms with Crippen molar-refractivity contribution in [3.63, 3.8) is 0 Å². The van der Waals surface area contributed by atoms with Crippen LogP contribution in [0.1, 0.15) is 24.1 Å². The maximum absolute atomic E-state index is 12.9. The highest BCUT2D eigenvalue weighted by Gasteiger charge is 2.38. The van der Waals surface area contributed by atoms with Crippen molar-refractivity contribution < 1.29 is 18.1 Å². The summed E-state index contributed by atoms with van der Waals surface area (Å²) in [6, 6.07) is 4.57. The van der Waals surface area contributed by atoms with Gasteiger partial charge in [-0.25, -0.2) is 0 Å². The maximum Gasteiger partial charge on any atom is 0.423 e. The van der Waals surface area contributed by atoms with Crippen molar-refractivity contribution in [3.8, 4) is 0 Å². The maximum atomic E-state index is 12.9. The van der Waals surface area contributed by atoms with Gasteiger partial charge < -0.3 is 5.32 Å². The lowest BCUT2D eigenvalue weighted by Crippen LogP contribution is -2.11. The fourth-order valence-electron chi connectivity index (χ4n) is 1.87. The minimum atomic E-state index is -4.77. The molecule has 4 nitrogen and oxygen atoms in total. The number of hydrogen-bond acceptors (Lipinski definition) is 4. The zero-order chi connectivity index (χ0) is 15.6. The van der Waals surface area contributed by atoms with Gasteiger partial charge in [0.25, 0.3) is 5.69 Å². The van der Waals surface area contributed by atoms with Gasteiger partial charge >= 0.3 is 6.18 Å². The average Bonchev–Trinajstić information content (AvgIpc) is 2.91. The highest BCUT2D eigenvalue weighted by atomic mass is 32.1. The molecule has 112 valence electrons. The predicted molar refractivity (Wildman–Crippen MR) is 74.5 cm³/mol. The van der Waals surface area contributed by atoms with Crippen molar-refractivity contribution in [2.75, 3.05) is 5.32 Å². The van der Waals surface area contributed by atoms with Crippen LogP contribution in [0, 0.1) is 10.1 Å². The zero-order valence-electron chi connectivity index (χ0n) is 10.8. The topological polar surface area (TPSA) is 55.2 Å². The van der Waals surface area contributed by atoms with E-state index in [0.29, 0.717) is 0 Å². The Labute approximate surface area is 122 Å². The molecule has 1 N–H and O–H groups in total. The molecule has 0 saturated heterocycles. The van der Waals surface area contributed by atoms with Crippen LogP contribution in [-0.2, 0) is 6.18 Å². The van der Waals surface area contributed by atoms with Gasteiger partial charge in [0, 0.05) is 17.8 Å². The summed E-state index contributed by atoms with van der Waals surface area (Å²) in [7, 11) is 0. The third kappa shape index (κ3) is 3.52. The molecular formula is C13H11F3N2O2S. The second-order valence-corrected chi connectivity index (χ2v) is 5.19. The molecule has 0 fully saturated rings. The summed E-state index contributed by atoms with van der Waals surface area (Å²) < 4.78 is 38.6. The van der Waals surface area contributed by atoms with Gasteiger partial charge in [0.1, 0.15) is 5.56 Å². The van der Waals surface area contributed by atoms with Gasteiger partial charge in [-0.05, 0) is 41.4 Å². The summed E-state index contributed by atoms with van der Waals surface area (Å²) in [5, 5.41) is 17.3. The first kappa shape index (κ1) is 15.3. The summed E-state index contributed by atoms with van der Waals surface area (Å²) in [5.41, 5.74) is -1.08. The predicted octanol–water partition coefficient (Wildman–Crippen LogP) is 4.85. The van der Waals surface area contributed by atoms with Crippen molar-refractivity contribution >= 4 is 22.7 Å². The molecule has 21 heavy (non-hydrogen) atoms. The Bertz CT molecular complexity index is 641. The fraction of sp³-hybridized carbons (Fsp3) is 0.231. The first-order valence-electron chi connectivity index (χ1n) is 5.93. The monoisotopic (exact) mass is 316 g/mol. The average molecular weight is 316 g/mol. The van der Waals surface area contributed by atoms with E-state index in [-0.39, 0.29) is 11.7 Å². The lowest BCUT2D eigenvalue weighted by atomic mass is 10.1. The Hall–Kier alpha value is -2.09. The normalized spacial score (nSPS) is 13.0. The molecule has 1 unspecified atom stereocenters. The van der Waals surface area contributed by atoms with E-state index in [2.05, 4.69) is 5.32 Å². The molecular weight excluding hydrogens is 305 g/mol. The summed E-state index contributed by atoms with van der Waals surface area (Å²) in [6.07, 6.45) is -4.77. The van der Waals surface area contributed by atoms with Gasteiger partial charge in [0.05, 0.1) is 4.92 Å². The molecule has 2 aromatic rings. The lowest BCUT2D eigenvalue weighted by Gasteiger charge is -2.16. The van der Waals surface area contributed by atoms with E-state index in [1.165, 1.54) is 17.4 Å². The number of alkyl halides is 3. The lowest BCUT2D eigenvalue weighted by molar-refractivity contribution is -0.388. The molecule has 0 saturated carbocycles. The quantitative estimate of drug-likeness (QED) is 0.648. The molecule has 0 aliphatic carbocycles. The van der Waals surface area contributed by atoms with Gasteiger partial charge in [-0.1, -0.05) is 0 Å². The molecule has 0 amide bonds. The van der Waals surface area contributed by atoms with E-state index in [1.807, 2.05) is 16.8 Å². The van der Waals surface area contributed by atoms with E-state index in [4.69, 9.17) is 0 Å². The molecule has 1 heterocycles. The standard InChI is InChI=1S/C13H11F3N2O2S/c1-8(9-4-5-21-7-9)17-10-2-3-12(18(19)20)11(6-10)13(14,15)16/h2-8,17H,1H3. The number of halogens is 3. The molecule has 2 rings (SSSR count). The second kappa shape index (κ2) is 5.72. The van der Waals surface area contributed by atoms with Gasteiger partial charge in [0.15, 0.2) is 0 Å². The number of rotatable bonds is 4. The Morgan fingerprint density at radius 1 is 1.33 bits per heavy atom. The van der Waals surface area contributed by atoms with Crippen molar-refractivity contribution in [3.05, 3.63) is 56.3 Å². The van der Waals surface area contributed by atoms with Crippen LogP contribution < -0.4 is 5.32 Å². The van der Waals surface area contributed by atoms with E-state index in [0.717, 1.165) is 17.7 Å². The van der Waals surface area contributed by atoms with Gasteiger partial charge in [-0.3, -0.25) is 10.1 Å². The Morgan fingerprint density at radius 2 is 2.05 bits per heavy atom. The van der Waals surface area contributed by atoms with Crippen LogP contribution in [0.3, 0.4) is 0 Å². The highest BCUT2D eigenvalue weighted by molar-refractivity contribution is 7.07. The zero-order valence-corrected chi connectivity index (χ0v) is 11.7. The number of anilines is 1. The van der Waals surface area contributed by atoms with E-state index in [1.54, 1.807) is 6.92 Å². The van der Waals surface area contributed by atoms with Crippen LogP contribution in [0.4, 0.5) is 24.5 Å². The Morgan fingerprint density at radius 3 is 2.57 bits per heavy atom. The van der Waals surface area contributed by atoms with Crippen LogP contribution >= 0.6 is 11.3 Å². The molecule has 8 heteroatoms. The molecule has 0 spiro atoms. The number of nitrogens with one attached hydrogen (secondary N) is 1. The van der Waals surface area contributed by atoms with Crippen LogP contribution in [0.15, 0.2) is 35.0 Å². The van der Waals surface area contributed by atoms with E-state index in [9.17, 15) is 23.3 Å². The van der Waals surface area contributed by atoms with E-state index >= 15 is 0 Å². The first-order chi connectivity index (χ1) is 9.79. The van der Waals surface area contributed by atoms with Crippen LogP contribution in [0.5, 0.6) is 0 Å². The number of nitro groups is 1. The van der Waals surface area contributed by atoms with Crippen molar-refractivity contribution in [2.45, 2.75) is 19.1 Å². The largest absolute Gasteiger partial charge is 0.423 e. The molecule has 0 radical (unpaired) electrons. The summed E-state index contributed by atoms with van der Waals surface area (Å²) in [4.78, 5) is 9.64. The molecule has 1 aromatic carbocycles. The van der Waals surface area contributed by atoms with Gasteiger partial charge in [0.2, 0.25) is 0 Å².